The third kappa shape index (κ3) is 7.27. The molecule has 0 saturated carbocycles. The molecule has 0 aliphatic heterocycles. The van der Waals surface area contributed by atoms with Crippen molar-refractivity contribution in [3.8, 4) is 0 Å². The van der Waals surface area contributed by atoms with Crippen LogP contribution in [0.15, 0.2) is 0 Å². The van der Waals surface area contributed by atoms with Gasteiger partial charge in [-0.25, -0.2) is 0 Å². The normalized spacial score (nSPS) is 11.1. The van der Waals surface area contributed by atoms with Crippen molar-refractivity contribution in [2.24, 2.45) is 5.41 Å². The number of aliphatic hydroxyl groups excluding tert-OH is 1. The van der Waals surface area contributed by atoms with Crippen LogP contribution < -0.4 is 0 Å². The summed E-state index contributed by atoms with van der Waals surface area (Å²) in [6.07, 6.45) is 2.19. The van der Waals surface area contributed by atoms with Gasteiger partial charge >= 0.3 is 11.9 Å². The Labute approximate surface area is 108 Å². The minimum atomic E-state index is -0.495. The van der Waals surface area contributed by atoms with Crippen LogP contribution in [-0.4, -0.2) is 36.9 Å². The monoisotopic (exact) mass is 260 g/mol. The zero-order valence-corrected chi connectivity index (χ0v) is 11.5. The SMILES string of the molecule is CCC(C)(C)C(=O)OCCOC(=O)CCCCO. The molecule has 0 amide bonds. The summed E-state index contributed by atoms with van der Waals surface area (Å²) in [5, 5.41) is 8.54. The van der Waals surface area contributed by atoms with E-state index < -0.39 is 5.41 Å². The molecule has 0 heterocycles. The molecule has 106 valence electrons. The highest BCUT2D eigenvalue weighted by Gasteiger charge is 2.26. The number of hydrogen-bond donors (Lipinski definition) is 1. The van der Waals surface area contributed by atoms with Crippen molar-refractivity contribution < 1.29 is 24.2 Å². The second-order valence-electron chi connectivity index (χ2n) is 4.77. The molecule has 0 atom stereocenters. The fraction of sp³-hybridized carbons (Fsp3) is 0.846. The van der Waals surface area contributed by atoms with E-state index in [1.54, 1.807) is 0 Å². The van der Waals surface area contributed by atoms with Crippen LogP contribution in [0.3, 0.4) is 0 Å². The van der Waals surface area contributed by atoms with E-state index in [1.165, 1.54) is 0 Å². The van der Waals surface area contributed by atoms with Crippen molar-refractivity contribution >= 4 is 11.9 Å². The van der Waals surface area contributed by atoms with Crippen molar-refractivity contribution in [3.05, 3.63) is 0 Å². The lowest BCUT2D eigenvalue weighted by Gasteiger charge is -2.20. The van der Waals surface area contributed by atoms with E-state index in [0.717, 1.165) is 0 Å². The van der Waals surface area contributed by atoms with E-state index in [2.05, 4.69) is 0 Å². The van der Waals surface area contributed by atoms with Crippen molar-refractivity contribution in [1.82, 2.24) is 0 Å². The molecule has 0 aromatic rings. The number of esters is 2. The standard InChI is InChI=1S/C13H24O5/c1-4-13(2,3)12(16)18-10-9-17-11(15)7-5-6-8-14/h14H,4-10H2,1-3H3. The minimum Gasteiger partial charge on any atom is -0.462 e. The van der Waals surface area contributed by atoms with Gasteiger partial charge in [0.1, 0.15) is 13.2 Å². The van der Waals surface area contributed by atoms with Crippen molar-refractivity contribution in [1.29, 1.82) is 0 Å². The average molecular weight is 260 g/mol. The van der Waals surface area contributed by atoms with E-state index in [9.17, 15) is 9.59 Å². The molecule has 0 aromatic carbocycles. The molecule has 5 heteroatoms. The second kappa shape index (κ2) is 8.91. The van der Waals surface area contributed by atoms with Crippen molar-refractivity contribution in [2.75, 3.05) is 19.8 Å². The zero-order chi connectivity index (χ0) is 14.0. The Balaban J connectivity index is 3.62. The second-order valence-corrected chi connectivity index (χ2v) is 4.77. The molecule has 1 N–H and O–H groups in total. The number of aliphatic hydroxyl groups is 1. The molecule has 0 rings (SSSR count). The lowest BCUT2D eigenvalue weighted by Crippen LogP contribution is -2.27. The molecule has 0 fully saturated rings. The Hall–Kier alpha value is -1.10. The molecule has 0 unspecified atom stereocenters. The van der Waals surface area contributed by atoms with E-state index in [0.29, 0.717) is 19.3 Å². The van der Waals surface area contributed by atoms with E-state index in [-0.39, 0.29) is 38.2 Å². The largest absolute Gasteiger partial charge is 0.462 e. The van der Waals surface area contributed by atoms with Gasteiger partial charge < -0.3 is 14.6 Å². The van der Waals surface area contributed by atoms with Gasteiger partial charge in [-0.2, -0.15) is 0 Å². The first-order valence-electron chi connectivity index (χ1n) is 6.37. The van der Waals surface area contributed by atoms with Crippen LogP contribution in [0.4, 0.5) is 0 Å². The van der Waals surface area contributed by atoms with Crippen LogP contribution in [0.25, 0.3) is 0 Å². The molecule has 0 saturated heterocycles. The van der Waals surface area contributed by atoms with Crippen LogP contribution >= 0.6 is 0 Å². The number of ether oxygens (including phenoxy) is 2. The number of hydrogen-bond acceptors (Lipinski definition) is 5. The molecule has 0 aromatic heterocycles. The zero-order valence-electron chi connectivity index (χ0n) is 11.5. The molecule has 18 heavy (non-hydrogen) atoms. The lowest BCUT2D eigenvalue weighted by molar-refractivity contribution is -0.159. The predicted octanol–water partition coefficient (Wildman–Crippen LogP) is 1.67. The van der Waals surface area contributed by atoms with Crippen LogP contribution in [0.2, 0.25) is 0 Å². The first kappa shape index (κ1) is 16.9. The lowest BCUT2D eigenvalue weighted by atomic mass is 9.91. The van der Waals surface area contributed by atoms with Gasteiger partial charge in [-0.1, -0.05) is 6.92 Å². The Morgan fingerprint density at radius 1 is 1.11 bits per heavy atom. The van der Waals surface area contributed by atoms with Crippen LogP contribution in [0, 0.1) is 5.41 Å². The van der Waals surface area contributed by atoms with Crippen molar-refractivity contribution in [3.63, 3.8) is 0 Å². The summed E-state index contributed by atoms with van der Waals surface area (Å²) < 4.78 is 9.91. The maximum Gasteiger partial charge on any atom is 0.311 e. The van der Waals surface area contributed by atoms with Gasteiger partial charge in [-0.15, -0.1) is 0 Å². The van der Waals surface area contributed by atoms with E-state index in [4.69, 9.17) is 14.6 Å². The van der Waals surface area contributed by atoms with E-state index >= 15 is 0 Å². The summed E-state index contributed by atoms with van der Waals surface area (Å²) in [6, 6.07) is 0. The van der Waals surface area contributed by atoms with Crippen molar-refractivity contribution in [2.45, 2.75) is 46.5 Å². The summed E-state index contributed by atoms with van der Waals surface area (Å²) in [4.78, 5) is 22.7. The van der Waals surface area contributed by atoms with Gasteiger partial charge in [0.25, 0.3) is 0 Å². The molecule has 0 radical (unpaired) electrons. The Morgan fingerprint density at radius 2 is 1.72 bits per heavy atom. The molecular formula is C13H24O5. The Morgan fingerprint density at radius 3 is 2.28 bits per heavy atom. The summed E-state index contributed by atoms with van der Waals surface area (Å²) in [5.74, 6) is -0.601. The topological polar surface area (TPSA) is 72.8 Å². The summed E-state index contributed by atoms with van der Waals surface area (Å²) >= 11 is 0. The van der Waals surface area contributed by atoms with Gasteiger partial charge in [-0.05, 0) is 33.1 Å². The van der Waals surface area contributed by atoms with Gasteiger partial charge in [-0.3, -0.25) is 9.59 Å². The average Bonchev–Trinajstić information content (AvgIpc) is 2.34. The van der Waals surface area contributed by atoms with Crippen LogP contribution in [-0.2, 0) is 19.1 Å². The summed E-state index contributed by atoms with van der Waals surface area (Å²) in [5.41, 5.74) is -0.495. The fourth-order valence-corrected chi connectivity index (χ4v) is 1.08. The number of carbonyl (C=O) groups is 2. The molecule has 0 aliphatic rings. The maximum absolute atomic E-state index is 11.6. The van der Waals surface area contributed by atoms with Gasteiger partial charge in [0, 0.05) is 13.0 Å². The number of carbonyl (C=O) groups excluding carboxylic acids is 2. The van der Waals surface area contributed by atoms with Crippen LogP contribution in [0.1, 0.15) is 46.5 Å². The Kier molecular flexibility index (Phi) is 8.37. The molecule has 0 bridgehead atoms. The predicted molar refractivity (Wildman–Crippen MR) is 66.9 cm³/mol. The summed E-state index contributed by atoms with van der Waals surface area (Å²) in [6.45, 7) is 5.81. The highest BCUT2D eigenvalue weighted by atomic mass is 16.6. The third-order valence-corrected chi connectivity index (χ3v) is 2.81. The molecular weight excluding hydrogens is 236 g/mol. The minimum absolute atomic E-state index is 0.0804. The highest BCUT2D eigenvalue weighted by molar-refractivity contribution is 5.75. The molecule has 5 nitrogen and oxygen atoms in total. The first-order chi connectivity index (χ1) is 8.44. The number of rotatable bonds is 9. The number of unbranched alkanes of at least 4 members (excludes halogenated alkanes) is 1. The highest BCUT2D eigenvalue weighted by Crippen LogP contribution is 2.21. The Bertz CT molecular complexity index is 260. The smallest absolute Gasteiger partial charge is 0.311 e. The third-order valence-electron chi connectivity index (χ3n) is 2.81. The molecule has 0 aliphatic carbocycles. The van der Waals surface area contributed by atoms with E-state index in [1.807, 2.05) is 20.8 Å². The van der Waals surface area contributed by atoms with Gasteiger partial charge in [0.05, 0.1) is 5.41 Å². The first-order valence-corrected chi connectivity index (χ1v) is 6.37. The maximum atomic E-state index is 11.6. The van der Waals surface area contributed by atoms with Gasteiger partial charge in [0.2, 0.25) is 0 Å². The van der Waals surface area contributed by atoms with Gasteiger partial charge in [0.15, 0.2) is 0 Å². The fourth-order valence-electron chi connectivity index (χ4n) is 1.08. The van der Waals surface area contributed by atoms with Crippen LogP contribution in [0.5, 0.6) is 0 Å². The molecule has 0 spiro atoms. The quantitative estimate of drug-likeness (QED) is 0.504. The summed E-state index contributed by atoms with van der Waals surface area (Å²) in [7, 11) is 0.